The third-order valence-electron chi connectivity index (χ3n) is 7.29. The molecule has 216 valence electrons. The highest BCUT2D eigenvalue weighted by Gasteiger charge is 2.24. The number of rotatable bonds is 10. The van der Waals surface area contributed by atoms with Crippen molar-refractivity contribution in [2.24, 2.45) is 7.05 Å². The van der Waals surface area contributed by atoms with Gasteiger partial charge in [-0.25, -0.2) is 4.79 Å². The topological polar surface area (TPSA) is 130 Å². The highest BCUT2D eigenvalue weighted by atomic mass is 16.6. The Morgan fingerprint density at radius 2 is 1.90 bits per heavy atom. The minimum atomic E-state index is -0.540. The molecule has 0 saturated carbocycles. The van der Waals surface area contributed by atoms with Crippen molar-refractivity contribution in [3.63, 3.8) is 0 Å². The molecule has 11 heteroatoms. The van der Waals surface area contributed by atoms with Gasteiger partial charge in [0.25, 0.3) is 5.91 Å². The molecule has 5 rings (SSSR count). The van der Waals surface area contributed by atoms with Crippen molar-refractivity contribution in [2.45, 2.75) is 26.5 Å². The van der Waals surface area contributed by atoms with Gasteiger partial charge in [-0.2, -0.15) is 5.10 Å². The third-order valence-corrected chi connectivity index (χ3v) is 7.29. The zero-order valence-electron chi connectivity index (χ0n) is 23.7. The summed E-state index contributed by atoms with van der Waals surface area (Å²) in [6.45, 7) is 2.40. The summed E-state index contributed by atoms with van der Waals surface area (Å²) in [4.78, 5) is 55.8. The molecule has 0 unspecified atom stereocenters. The van der Waals surface area contributed by atoms with Crippen LogP contribution < -0.4 is 5.32 Å². The molecule has 0 bridgehead atoms. The molecule has 0 fully saturated rings. The number of carbonyl (C=O) groups is 4. The third kappa shape index (κ3) is 6.09. The van der Waals surface area contributed by atoms with Crippen molar-refractivity contribution in [2.75, 3.05) is 25.5 Å². The summed E-state index contributed by atoms with van der Waals surface area (Å²) in [6, 6.07) is 16.8. The molecule has 2 aromatic heterocycles. The first kappa shape index (κ1) is 28.3. The number of benzene rings is 2. The van der Waals surface area contributed by atoms with Crippen molar-refractivity contribution in [3.8, 4) is 11.1 Å². The van der Waals surface area contributed by atoms with E-state index < -0.39 is 6.09 Å². The monoisotopic (exact) mass is 568 g/mol. The summed E-state index contributed by atoms with van der Waals surface area (Å²) >= 11 is 0. The van der Waals surface area contributed by atoms with Gasteiger partial charge in [0.15, 0.2) is 6.29 Å². The number of ether oxygens (including phenoxy) is 1. The molecular weight excluding hydrogens is 536 g/mol. The standard InChI is InChI=1S/C31H32N6O5/c1-20-13-24(27(18-38)33-20)30(40)35(2)11-12-37(31(41)42-19-21-7-5-4-6-8-21)17-28-25(16-32-36(28)3)22-9-10-26-23(14-22)15-29(39)34-26/h4-10,13-14,16,18,33H,11-12,15,17,19H2,1-3H3,(H,34,39). The lowest BCUT2D eigenvalue weighted by Crippen LogP contribution is -2.40. The lowest BCUT2D eigenvalue weighted by molar-refractivity contribution is -0.115. The van der Waals surface area contributed by atoms with Crippen LogP contribution in [0, 0.1) is 6.92 Å². The van der Waals surface area contributed by atoms with Gasteiger partial charge >= 0.3 is 6.09 Å². The number of anilines is 1. The molecule has 3 amide bonds. The summed E-state index contributed by atoms with van der Waals surface area (Å²) in [5, 5.41) is 7.29. The van der Waals surface area contributed by atoms with E-state index in [9.17, 15) is 19.2 Å². The number of hydrogen-bond acceptors (Lipinski definition) is 6. The Bertz CT molecular complexity index is 1640. The summed E-state index contributed by atoms with van der Waals surface area (Å²) < 4.78 is 7.38. The Kier molecular flexibility index (Phi) is 8.19. The Morgan fingerprint density at radius 3 is 2.67 bits per heavy atom. The van der Waals surface area contributed by atoms with E-state index in [1.54, 1.807) is 38.0 Å². The molecule has 1 aliphatic rings. The predicted octanol–water partition coefficient (Wildman–Crippen LogP) is 3.94. The van der Waals surface area contributed by atoms with Crippen LogP contribution >= 0.6 is 0 Å². The lowest BCUT2D eigenvalue weighted by atomic mass is 10.0. The molecule has 4 aromatic rings. The van der Waals surface area contributed by atoms with Crippen LogP contribution in [-0.2, 0) is 36.2 Å². The number of H-pyrrole nitrogens is 1. The average molecular weight is 569 g/mol. The van der Waals surface area contributed by atoms with Gasteiger partial charge in [0.1, 0.15) is 6.61 Å². The van der Waals surface area contributed by atoms with E-state index >= 15 is 0 Å². The largest absolute Gasteiger partial charge is 0.445 e. The second kappa shape index (κ2) is 12.1. The van der Waals surface area contributed by atoms with Gasteiger partial charge in [0, 0.05) is 44.1 Å². The summed E-state index contributed by atoms with van der Waals surface area (Å²) in [7, 11) is 3.43. The fraction of sp³-hybridized carbons (Fsp3) is 0.258. The Balaban J connectivity index is 1.37. The van der Waals surface area contributed by atoms with Crippen LogP contribution in [0.4, 0.5) is 10.5 Å². The number of fused-ring (bicyclic) bond motifs is 1. The van der Waals surface area contributed by atoms with Gasteiger partial charge in [-0.3, -0.25) is 19.1 Å². The summed E-state index contributed by atoms with van der Waals surface area (Å²) in [5.41, 5.74) is 6.22. The quantitative estimate of drug-likeness (QED) is 0.279. The summed E-state index contributed by atoms with van der Waals surface area (Å²) in [5.74, 6) is -0.379. The Morgan fingerprint density at radius 1 is 1.12 bits per heavy atom. The molecule has 0 radical (unpaired) electrons. The van der Waals surface area contributed by atoms with Crippen LogP contribution in [0.25, 0.3) is 11.1 Å². The van der Waals surface area contributed by atoms with E-state index in [0.717, 1.165) is 33.6 Å². The first-order chi connectivity index (χ1) is 20.2. The molecule has 2 N–H and O–H groups in total. The maximum Gasteiger partial charge on any atom is 0.410 e. The number of amides is 3. The number of aromatic nitrogens is 3. The van der Waals surface area contributed by atoms with Gasteiger partial charge in [-0.1, -0.05) is 36.4 Å². The van der Waals surface area contributed by atoms with E-state index in [2.05, 4.69) is 15.4 Å². The van der Waals surface area contributed by atoms with E-state index in [1.807, 2.05) is 48.5 Å². The van der Waals surface area contributed by atoms with Crippen molar-refractivity contribution < 1.29 is 23.9 Å². The van der Waals surface area contributed by atoms with Gasteiger partial charge in [0.05, 0.1) is 36.1 Å². The lowest BCUT2D eigenvalue weighted by Gasteiger charge is -2.26. The average Bonchev–Trinajstić information content (AvgIpc) is 3.68. The fourth-order valence-corrected chi connectivity index (χ4v) is 4.97. The van der Waals surface area contributed by atoms with Crippen LogP contribution in [0.5, 0.6) is 0 Å². The molecule has 1 aliphatic heterocycles. The van der Waals surface area contributed by atoms with Crippen molar-refractivity contribution in [1.29, 1.82) is 0 Å². The molecular formula is C31H32N6O5. The van der Waals surface area contributed by atoms with Gasteiger partial charge in [-0.15, -0.1) is 0 Å². The van der Waals surface area contributed by atoms with Crippen LogP contribution in [0.1, 0.15) is 43.4 Å². The number of aromatic amines is 1. The molecule has 0 aliphatic carbocycles. The van der Waals surface area contributed by atoms with E-state index in [-0.39, 0.29) is 49.3 Å². The van der Waals surface area contributed by atoms with E-state index in [4.69, 9.17) is 4.74 Å². The number of carbonyl (C=O) groups excluding carboxylic acids is 4. The maximum atomic E-state index is 13.4. The number of likely N-dealkylation sites (N-methyl/N-ethyl adjacent to an activating group) is 1. The Hall–Kier alpha value is -5.19. The van der Waals surface area contributed by atoms with Crippen LogP contribution in [0.15, 0.2) is 60.8 Å². The zero-order valence-corrected chi connectivity index (χ0v) is 23.7. The SMILES string of the molecule is Cc1cc(C(=O)N(C)CCN(Cc2c(-c3ccc4c(c3)CC(=O)N4)cnn2C)C(=O)OCc2ccccc2)c(C=O)[nH]1. The first-order valence-electron chi connectivity index (χ1n) is 13.5. The van der Waals surface area contributed by atoms with Crippen LogP contribution in [-0.4, -0.2) is 68.9 Å². The molecule has 0 atom stereocenters. The highest BCUT2D eigenvalue weighted by molar-refractivity contribution is 6.01. The van der Waals surface area contributed by atoms with Crippen LogP contribution in [0.3, 0.4) is 0 Å². The summed E-state index contributed by atoms with van der Waals surface area (Å²) in [6.07, 6.45) is 2.13. The van der Waals surface area contributed by atoms with E-state index in [0.29, 0.717) is 18.4 Å². The predicted molar refractivity (Wildman–Crippen MR) is 156 cm³/mol. The zero-order chi connectivity index (χ0) is 29.8. The number of hydrogen-bond donors (Lipinski definition) is 2. The van der Waals surface area contributed by atoms with Gasteiger partial charge in [0.2, 0.25) is 5.91 Å². The number of nitrogens with zero attached hydrogens (tertiary/aromatic N) is 4. The van der Waals surface area contributed by atoms with Gasteiger partial charge < -0.3 is 24.8 Å². The highest BCUT2D eigenvalue weighted by Crippen LogP contribution is 2.31. The normalized spacial score (nSPS) is 12.0. The van der Waals surface area contributed by atoms with Crippen molar-refractivity contribution in [1.82, 2.24) is 24.6 Å². The molecule has 2 aromatic carbocycles. The van der Waals surface area contributed by atoms with Crippen molar-refractivity contribution >= 4 is 29.9 Å². The minimum Gasteiger partial charge on any atom is -0.445 e. The maximum absolute atomic E-state index is 13.4. The molecule has 42 heavy (non-hydrogen) atoms. The minimum absolute atomic E-state index is 0.0466. The smallest absolute Gasteiger partial charge is 0.410 e. The molecule has 11 nitrogen and oxygen atoms in total. The number of nitrogens with one attached hydrogen (secondary N) is 2. The second-order valence-corrected chi connectivity index (χ2v) is 10.3. The number of aldehydes is 1. The fourth-order valence-electron chi connectivity index (χ4n) is 4.97. The Labute approximate surface area is 243 Å². The van der Waals surface area contributed by atoms with Gasteiger partial charge in [-0.05, 0) is 41.8 Å². The molecule has 3 heterocycles. The first-order valence-corrected chi connectivity index (χ1v) is 13.5. The molecule has 0 saturated heterocycles. The van der Waals surface area contributed by atoms with Crippen molar-refractivity contribution in [3.05, 3.63) is 94.6 Å². The number of aryl methyl sites for hydroxylation is 2. The van der Waals surface area contributed by atoms with Crippen LogP contribution in [0.2, 0.25) is 0 Å². The van der Waals surface area contributed by atoms with E-state index in [1.165, 1.54) is 9.80 Å². The second-order valence-electron chi connectivity index (χ2n) is 10.3. The molecule has 0 spiro atoms.